The van der Waals surface area contributed by atoms with Crippen LogP contribution in [0.15, 0.2) is 29.4 Å². The predicted molar refractivity (Wildman–Crippen MR) is 66.2 cm³/mol. The van der Waals surface area contributed by atoms with Gasteiger partial charge in [-0.25, -0.2) is 0 Å². The van der Waals surface area contributed by atoms with Crippen LogP contribution in [0.3, 0.4) is 0 Å². The van der Waals surface area contributed by atoms with Crippen molar-refractivity contribution >= 4 is 11.5 Å². The SMILES string of the molecule is COc1ccc(CON=C(C)CC(C)=O)cc1. The van der Waals surface area contributed by atoms with Gasteiger partial charge in [-0.1, -0.05) is 17.3 Å². The maximum atomic E-state index is 10.8. The summed E-state index contributed by atoms with van der Waals surface area (Å²) in [5.41, 5.74) is 1.69. The van der Waals surface area contributed by atoms with Gasteiger partial charge in [0.1, 0.15) is 18.1 Å². The molecule has 0 spiro atoms. The molecule has 0 unspecified atom stereocenters. The van der Waals surface area contributed by atoms with Gasteiger partial charge in [0, 0.05) is 6.42 Å². The number of hydrogen-bond donors (Lipinski definition) is 0. The summed E-state index contributed by atoms with van der Waals surface area (Å²) in [5, 5.41) is 3.87. The molecule has 0 aromatic heterocycles. The van der Waals surface area contributed by atoms with Crippen molar-refractivity contribution in [2.75, 3.05) is 7.11 Å². The Hall–Kier alpha value is -1.84. The Bertz CT molecular complexity index is 396. The fourth-order valence-corrected chi connectivity index (χ4v) is 1.33. The minimum atomic E-state index is 0.0827. The zero-order valence-corrected chi connectivity index (χ0v) is 10.4. The Morgan fingerprint density at radius 1 is 1.24 bits per heavy atom. The summed E-state index contributed by atoms with van der Waals surface area (Å²) in [5.74, 6) is 0.893. The normalized spacial score (nSPS) is 11.1. The van der Waals surface area contributed by atoms with Crippen molar-refractivity contribution in [2.45, 2.75) is 26.9 Å². The lowest BCUT2D eigenvalue weighted by Crippen LogP contribution is -2.00. The molecule has 0 N–H and O–H groups in total. The molecule has 0 radical (unpaired) electrons. The van der Waals surface area contributed by atoms with Crippen LogP contribution in [0.1, 0.15) is 25.8 Å². The molecule has 0 bridgehead atoms. The van der Waals surface area contributed by atoms with E-state index in [1.165, 1.54) is 6.92 Å². The van der Waals surface area contributed by atoms with E-state index in [-0.39, 0.29) is 5.78 Å². The molecule has 1 rings (SSSR count). The summed E-state index contributed by atoms with van der Waals surface area (Å²) in [7, 11) is 1.63. The van der Waals surface area contributed by atoms with Crippen LogP contribution >= 0.6 is 0 Å². The Morgan fingerprint density at radius 3 is 2.41 bits per heavy atom. The summed E-state index contributed by atoms with van der Waals surface area (Å²) < 4.78 is 5.05. The number of carbonyl (C=O) groups excluding carboxylic acids is 1. The van der Waals surface area contributed by atoms with Crippen LogP contribution < -0.4 is 4.74 Å². The Kier molecular flexibility index (Phi) is 5.20. The van der Waals surface area contributed by atoms with Gasteiger partial charge in [0.25, 0.3) is 0 Å². The zero-order valence-electron chi connectivity index (χ0n) is 10.4. The summed E-state index contributed by atoms with van der Waals surface area (Å²) in [6.07, 6.45) is 0.336. The van der Waals surface area contributed by atoms with E-state index < -0.39 is 0 Å². The number of ether oxygens (including phenoxy) is 1. The number of methoxy groups -OCH3 is 1. The molecule has 0 amide bonds. The Morgan fingerprint density at radius 2 is 1.88 bits per heavy atom. The highest BCUT2D eigenvalue weighted by Gasteiger charge is 1.98. The summed E-state index contributed by atoms with van der Waals surface area (Å²) in [6.45, 7) is 3.69. The van der Waals surface area contributed by atoms with E-state index in [1.807, 2.05) is 24.3 Å². The van der Waals surface area contributed by atoms with Crippen LogP contribution in [0.25, 0.3) is 0 Å². The van der Waals surface area contributed by atoms with Crippen LogP contribution in [-0.4, -0.2) is 18.6 Å². The number of Topliss-reactive ketones (excluding diaryl/α,β-unsaturated/α-hetero) is 1. The van der Waals surface area contributed by atoms with Crippen molar-refractivity contribution in [3.8, 4) is 5.75 Å². The molecular weight excluding hydrogens is 218 g/mol. The lowest BCUT2D eigenvalue weighted by molar-refractivity contribution is -0.115. The van der Waals surface area contributed by atoms with Crippen LogP contribution in [-0.2, 0) is 16.2 Å². The van der Waals surface area contributed by atoms with Gasteiger partial charge < -0.3 is 9.57 Å². The lowest BCUT2D eigenvalue weighted by Gasteiger charge is -2.03. The average Bonchev–Trinajstić information content (AvgIpc) is 2.29. The second-order valence-electron chi connectivity index (χ2n) is 3.83. The van der Waals surface area contributed by atoms with Gasteiger partial charge in [0.05, 0.1) is 12.8 Å². The molecule has 0 saturated heterocycles. The quantitative estimate of drug-likeness (QED) is 0.562. The molecule has 92 valence electrons. The van der Waals surface area contributed by atoms with Crippen molar-refractivity contribution in [1.82, 2.24) is 0 Å². The third-order valence-corrected chi connectivity index (χ3v) is 2.12. The second kappa shape index (κ2) is 6.68. The monoisotopic (exact) mass is 235 g/mol. The lowest BCUT2D eigenvalue weighted by atomic mass is 10.2. The Labute approximate surface area is 101 Å². The van der Waals surface area contributed by atoms with Crippen molar-refractivity contribution < 1.29 is 14.4 Å². The van der Waals surface area contributed by atoms with Crippen LogP contribution in [0.2, 0.25) is 0 Å². The van der Waals surface area contributed by atoms with Crippen LogP contribution in [0.4, 0.5) is 0 Å². The fraction of sp³-hybridized carbons (Fsp3) is 0.385. The average molecular weight is 235 g/mol. The molecule has 4 nitrogen and oxygen atoms in total. The van der Waals surface area contributed by atoms with E-state index in [0.717, 1.165) is 11.3 Å². The largest absolute Gasteiger partial charge is 0.497 e. The maximum absolute atomic E-state index is 10.8. The molecule has 4 heteroatoms. The molecule has 0 aliphatic heterocycles. The van der Waals surface area contributed by atoms with Gasteiger partial charge in [0.15, 0.2) is 0 Å². The number of nitrogens with zero attached hydrogens (tertiary/aromatic N) is 1. The Balaban J connectivity index is 2.42. The molecule has 0 heterocycles. The van der Waals surface area contributed by atoms with Crippen LogP contribution in [0.5, 0.6) is 5.75 Å². The van der Waals surface area contributed by atoms with E-state index in [2.05, 4.69) is 5.16 Å². The van der Waals surface area contributed by atoms with Crippen molar-refractivity contribution in [3.05, 3.63) is 29.8 Å². The van der Waals surface area contributed by atoms with Crippen LogP contribution in [0, 0.1) is 0 Å². The predicted octanol–water partition coefficient (Wildman–Crippen LogP) is 2.57. The number of ketones is 1. The molecular formula is C13H17NO3. The number of rotatable bonds is 6. The van der Waals surface area contributed by atoms with Gasteiger partial charge in [-0.3, -0.25) is 4.79 Å². The molecule has 17 heavy (non-hydrogen) atoms. The molecule has 0 atom stereocenters. The number of oxime groups is 1. The minimum Gasteiger partial charge on any atom is -0.497 e. The first-order chi connectivity index (χ1) is 8.11. The first-order valence-electron chi connectivity index (χ1n) is 5.39. The maximum Gasteiger partial charge on any atom is 0.142 e. The van der Waals surface area contributed by atoms with Crippen molar-refractivity contribution in [3.63, 3.8) is 0 Å². The third-order valence-electron chi connectivity index (χ3n) is 2.12. The summed E-state index contributed by atoms with van der Waals surface area (Å²) >= 11 is 0. The highest BCUT2D eigenvalue weighted by Crippen LogP contribution is 2.11. The standard InChI is InChI=1S/C13H17NO3/c1-10(8-11(2)15)14-17-9-12-4-6-13(16-3)7-5-12/h4-7H,8-9H2,1-3H3. The van der Waals surface area contributed by atoms with Gasteiger partial charge >= 0.3 is 0 Å². The first-order valence-corrected chi connectivity index (χ1v) is 5.39. The smallest absolute Gasteiger partial charge is 0.142 e. The highest BCUT2D eigenvalue weighted by atomic mass is 16.6. The third kappa shape index (κ3) is 5.15. The number of carbonyl (C=O) groups is 1. The van der Waals surface area contributed by atoms with E-state index in [0.29, 0.717) is 18.7 Å². The summed E-state index contributed by atoms with van der Waals surface area (Å²) in [4.78, 5) is 16.0. The van der Waals surface area contributed by atoms with Gasteiger partial charge in [-0.15, -0.1) is 0 Å². The van der Waals surface area contributed by atoms with E-state index >= 15 is 0 Å². The molecule has 0 fully saturated rings. The first kappa shape index (κ1) is 13.2. The molecule has 0 aliphatic rings. The minimum absolute atomic E-state index is 0.0827. The van der Waals surface area contributed by atoms with Gasteiger partial charge in [0.2, 0.25) is 0 Å². The molecule has 0 aliphatic carbocycles. The van der Waals surface area contributed by atoms with E-state index in [9.17, 15) is 4.79 Å². The molecule has 1 aromatic rings. The number of benzene rings is 1. The van der Waals surface area contributed by atoms with Gasteiger partial charge in [-0.2, -0.15) is 0 Å². The van der Waals surface area contributed by atoms with Gasteiger partial charge in [-0.05, 0) is 31.5 Å². The topological polar surface area (TPSA) is 47.9 Å². The highest BCUT2D eigenvalue weighted by molar-refractivity contribution is 5.99. The van der Waals surface area contributed by atoms with E-state index in [4.69, 9.17) is 9.57 Å². The zero-order chi connectivity index (χ0) is 12.7. The number of hydrogen-bond acceptors (Lipinski definition) is 4. The molecule has 1 aromatic carbocycles. The van der Waals surface area contributed by atoms with E-state index in [1.54, 1.807) is 14.0 Å². The summed E-state index contributed by atoms with van der Waals surface area (Å²) in [6, 6.07) is 7.55. The fourth-order valence-electron chi connectivity index (χ4n) is 1.33. The van der Waals surface area contributed by atoms with Crippen molar-refractivity contribution in [2.24, 2.45) is 5.16 Å². The second-order valence-corrected chi connectivity index (χ2v) is 3.83. The van der Waals surface area contributed by atoms with Crippen molar-refractivity contribution in [1.29, 1.82) is 0 Å². The molecule has 0 saturated carbocycles.